The molecule has 2 saturated carbocycles. The van der Waals surface area contributed by atoms with Crippen molar-refractivity contribution in [3.05, 3.63) is 12.2 Å². The molecule has 2 aliphatic rings. The van der Waals surface area contributed by atoms with E-state index < -0.39 is 0 Å². The summed E-state index contributed by atoms with van der Waals surface area (Å²) < 4.78 is 5.76. The molecule has 0 heterocycles. The van der Waals surface area contributed by atoms with Crippen LogP contribution in [-0.2, 0) is 9.53 Å². The first-order valence-corrected chi connectivity index (χ1v) is 12.7. The zero-order valence-electron chi connectivity index (χ0n) is 19.4. The van der Waals surface area contributed by atoms with Crippen molar-refractivity contribution in [3.8, 4) is 0 Å². The Morgan fingerprint density at radius 3 is 2.07 bits per heavy atom. The first-order valence-electron chi connectivity index (χ1n) is 12.7. The van der Waals surface area contributed by atoms with Gasteiger partial charge in [0, 0.05) is 12.1 Å². The van der Waals surface area contributed by atoms with Gasteiger partial charge in [-0.3, -0.25) is 0 Å². The lowest BCUT2D eigenvalue weighted by Crippen LogP contribution is -2.31. The van der Waals surface area contributed by atoms with Gasteiger partial charge in [-0.05, 0) is 69.2 Å². The molecule has 0 unspecified atom stereocenters. The van der Waals surface area contributed by atoms with Gasteiger partial charge in [0.2, 0.25) is 0 Å². The van der Waals surface area contributed by atoms with Gasteiger partial charge >= 0.3 is 5.97 Å². The zero-order chi connectivity index (χ0) is 20.9. The van der Waals surface area contributed by atoms with E-state index in [1.165, 1.54) is 77.0 Å². The van der Waals surface area contributed by atoms with Crippen LogP contribution in [0.2, 0.25) is 0 Å². The molecule has 2 rings (SSSR count). The summed E-state index contributed by atoms with van der Waals surface area (Å²) in [4.78, 5) is 12.3. The van der Waals surface area contributed by atoms with E-state index in [0.29, 0.717) is 12.1 Å². The average Bonchev–Trinajstić information content (AvgIpc) is 2.75. The summed E-state index contributed by atoms with van der Waals surface area (Å²) in [5, 5.41) is 3.31. The summed E-state index contributed by atoms with van der Waals surface area (Å²) in [7, 11) is 0. The number of hydrogen-bond donors (Lipinski definition) is 1. The molecule has 2 aliphatic carbocycles. The molecule has 3 nitrogen and oxygen atoms in total. The molecule has 0 aromatic rings. The standard InChI is InChI=1S/C26H47NO2/c1-4-6-8-10-22-11-13-23(14-12-22)24-15-17-25(18-16-24)29-26(28)21(3)20-27-19-9-7-5-2/h22-25,27H,3-20H2,1-2H3. The Hall–Kier alpha value is -0.830. The monoisotopic (exact) mass is 405 g/mol. The fourth-order valence-electron chi connectivity index (χ4n) is 5.36. The van der Waals surface area contributed by atoms with E-state index in [-0.39, 0.29) is 12.1 Å². The second-order valence-electron chi connectivity index (χ2n) is 9.71. The predicted molar refractivity (Wildman–Crippen MR) is 123 cm³/mol. The van der Waals surface area contributed by atoms with Crippen LogP contribution in [0.15, 0.2) is 12.2 Å². The number of rotatable bonds is 13. The number of carbonyl (C=O) groups excluding carboxylic acids is 1. The van der Waals surface area contributed by atoms with Crippen LogP contribution < -0.4 is 5.32 Å². The highest BCUT2D eigenvalue weighted by atomic mass is 16.5. The van der Waals surface area contributed by atoms with Crippen molar-refractivity contribution < 1.29 is 9.53 Å². The fourth-order valence-corrected chi connectivity index (χ4v) is 5.36. The Morgan fingerprint density at radius 2 is 1.45 bits per heavy atom. The van der Waals surface area contributed by atoms with Crippen molar-refractivity contribution in [2.45, 2.75) is 116 Å². The summed E-state index contributed by atoms with van der Waals surface area (Å²) in [5.41, 5.74) is 0.574. The van der Waals surface area contributed by atoms with Crippen molar-refractivity contribution in [1.29, 1.82) is 0 Å². The summed E-state index contributed by atoms with van der Waals surface area (Å²) in [6, 6.07) is 0. The Kier molecular flexibility index (Phi) is 12.0. The van der Waals surface area contributed by atoms with E-state index in [1.54, 1.807) is 0 Å². The molecule has 0 aliphatic heterocycles. The number of nitrogens with one attached hydrogen (secondary N) is 1. The molecular weight excluding hydrogens is 358 g/mol. The maximum Gasteiger partial charge on any atom is 0.334 e. The van der Waals surface area contributed by atoms with Gasteiger partial charge in [-0.25, -0.2) is 4.79 Å². The van der Waals surface area contributed by atoms with E-state index in [9.17, 15) is 4.79 Å². The highest BCUT2D eigenvalue weighted by Crippen LogP contribution is 2.41. The lowest BCUT2D eigenvalue weighted by molar-refractivity contribution is -0.146. The number of carbonyl (C=O) groups is 1. The third-order valence-corrected chi connectivity index (χ3v) is 7.35. The highest BCUT2D eigenvalue weighted by Gasteiger charge is 2.32. The van der Waals surface area contributed by atoms with E-state index >= 15 is 0 Å². The van der Waals surface area contributed by atoms with Gasteiger partial charge in [0.25, 0.3) is 0 Å². The van der Waals surface area contributed by atoms with Crippen LogP contribution in [-0.4, -0.2) is 25.2 Å². The highest BCUT2D eigenvalue weighted by molar-refractivity contribution is 5.88. The largest absolute Gasteiger partial charge is 0.459 e. The number of hydrogen-bond acceptors (Lipinski definition) is 3. The lowest BCUT2D eigenvalue weighted by atomic mass is 9.70. The molecule has 0 saturated heterocycles. The first kappa shape index (κ1) is 24.4. The fraction of sp³-hybridized carbons (Fsp3) is 0.885. The van der Waals surface area contributed by atoms with E-state index in [1.807, 2.05) is 0 Å². The normalized spacial score (nSPS) is 27.5. The van der Waals surface area contributed by atoms with Gasteiger partial charge in [-0.2, -0.15) is 0 Å². The Bertz CT molecular complexity index is 459. The van der Waals surface area contributed by atoms with Crippen LogP contribution in [0.25, 0.3) is 0 Å². The van der Waals surface area contributed by atoms with E-state index in [2.05, 4.69) is 25.7 Å². The van der Waals surface area contributed by atoms with Crippen LogP contribution in [0.5, 0.6) is 0 Å². The SMILES string of the molecule is C=C(CNCCCCC)C(=O)OC1CCC(C2CCC(CCCCC)CC2)CC1. The summed E-state index contributed by atoms with van der Waals surface area (Å²) in [6.45, 7) is 9.92. The van der Waals surface area contributed by atoms with Gasteiger partial charge in [0.1, 0.15) is 6.10 Å². The second kappa shape index (κ2) is 14.2. The number of ether oxygens (including phenoxy) is 1. The minimum absolute atomic E-state index is 0.112. The first-order chi connectivity index (χ1) is 14.1. The average molecular weight is 406 g/mol. The molecule has 0 spiro atoms. The van der Waals surface area contributed by atoms with Crippen LogP contribution >= 0.6 is 0 Å². The molecule has 0 bridgehead atoms. The smallest absolute Gasteiger partial charge is 0.334 e. The Morgan fingerprint density at radius 1 is 0.862 bits per heavy atom. The second-order valence-corrected chi connectivity index (χ2v) is 9.71. The molecule has 168 valence electrons. The van der Waals surface area contributed by atoms with Crippen LogP contribution in [0.1, 0.15) is 110 Å². The van der Waals surface area contributed by atoms with Gasteiger partial charge in [-0.15, -0.1) is 0 Å². The molecule has 0 aromatic carbocycles. The molecular formula is C26H47NO2. The van der Waals surface area contributed by atoms with Crippen molar-refractivity contribution >= 4 is 5.97 Å². The quantitative estimate of drug-likeness (QED) is 0.208. The van der Waals surface area contributed by atoms with Gasteiger partial charge in [0.05, 0.1) is 0 Å². The third kappa shape index (κ3) is 9.24. The van der Waals surface area contributed by atoms with Crippen molar-refractivity contribution in [1.82, 2.24) is 5.32 Å². The molecule has 0 amide bonds. The lowest BCUT2D eigenvalue weighted by Gasteiger charge is -2.37. The molecule has 0 atom stereocenters. The van der Waals surface area contributed by atoms with Gasteiger partial charge < -0.3 is 10.1 Å². The topological polar surface area (TPSA) is 38.3 Å². The zero-order valence-corrected chi connectivity index (χ0v) is 19.4. The van der Waals surface area contributed by atoms with E-state index in [0.717, 1.165) is 43.6 Å². The molecule has 0 aromatic heterocycles. The summed E-state index contributed by atoms with van der Waals surface area (Å²) in [6.07, 6.45) is 19.7. The molecule has 29 heavy (non-hydrogen) atoms. The maximum absolute atomic E-state index is 12.3. The third-order valence-electron chi connectivity index (χ3n) is 7.35. The number of unbranched alkanes of at least 4 members (excludes halogenated alkanes) is 4. The predicted octanol–water partition coefficient (Wildman–Crippen LogP) is 6.81. The van der Waals surface area contributed by atoms with Crippen LogP contribution in [0.4, 0.5) is 0 Å². The minimum Gasteiger partial charge on any atom is -0.459 e. The summed E-state index contributed by atoms with van der Waals surface area (Å²) in [5.74, 6) is 2.60. The Balaban J connectivity index is 1.58. The Labute approximate surface area is 180 Å². The molecule has 0 radical (unpaired) electrons. The van der Waals surface area contributed by atoms with E-state index in [4.69, 9.17) is 4.74 Å². The van der Waals surface area contributed by atoms with Gasteiger partial charge in [0.15, 0.2) is 0 Å². The molecule has 1 N–H and O–H groups in total. The van der Waals surface area contributed by atoms with Crippen LogP contribution in [0.3, 0.4) is 0 Å². The number of esters is 1. The summed E-state index contributed by atoms with van der Waals surface area (Å²) >= 11 is 0. The van der Waals surface area contributed by atoms with Crippen molar-refractivity contribution in [2.75, 3.05) is 13.1 Å². The van der Waals surface area contributed by atoms with Crippen LogP contribution in [0, 0.1) is 17.8 Å². The van der Waals surface area contributed by atoms with Crippen molar-refractivity contribution in [2.24, 2.45) is 17.8 Å². The van der Waals surface area contributed by atoms with Crippen molar-refractivity contribution in [3.63, 3.8) is 0 Å². The molecule has 3 heteroatoms. The maximum atomic E-state index is 12.3. The minimum atomic E-state index is -0.191. The van der Waals surface area contributed by atoms with Gasteiger partial charge in [-0.1, -0.05) is 71.8 Å². The molecule has 2 fully saturated rings.